The van der Waals surface area contributed by atoms with E-state index in [9.17, 15) is 5.11 Å². The summed E-state index contributed by atoms with van der Waals surface area (Å²) in [6, 6.07) is 7.62. The topological polar surface area (TPSA) is 101 Å². The van der Waals surface area contributed by atoms with Crippen molar-refractivity contribution >= 4 is 44.5 Å². The Morgan fingerprint density at radius 2 is 1.92 bits per heavy atom. The Morgan fingerprint density at radius 3 is 2.56 bits per heavy atom. The molecule has 132 valence electrons. The first-order valence-corrected chi connectivity index (χ1v) is 8.74. The second-order valence-corrected chi connectivity index (χ2v) is 7.01. The number of aliphatic hydroxyl groups is 1. The van der Waals surface area contributed by atoms with Gasteiger partial charge in [0.25, 0.3) is 0 Å². The van der Waals surface area contributed by atoms with Crippen LogP contribution in [-0.2, 0) is 7.05 Å². The summed E-state index contributed by atoms with van der Waals surface area (Å²) in [5.41, 5.74) is 2.07. The summed E-state index contributed by atoms with van der Waals surface area (Å²) >= 11 is 3.42. The number of aliphatic hydroxyl groups excluding tert-OH is 1. The van der Waals surface area contributed by atoms with E-state index in [2.05, 4.69) is 46.8 Å². The van der Waals surface area contributed by atoms with Gasteiger partial charge in [0.15, 0.2) is 17.0 Å². The summed E-state index contributed by atoms with van der Waals surface area (Å²) in [7, 11) is 1.78. The molecule has 0 saturated heterocycles. The van der Waals surface area contributed by atoms with Crippen LogP contribution in [0.3, 0.4) is 0 Å². The molecule has 0 unspecified atom stereocenters. The Bertz CT molecular complexity index is 863. The molecule has 8 nitrogen and oxygen atoms in total. The van der Waals surface area contributed by atoms with Crippen LogP contribution in [-0.4, -0.2) is 42.7 Å². The molecule has 0 bridgehead atoms. The number of fused-ring (bicyclic) bond motifs is 1. The van der Waals surface area contributed by atoms with Crippen molar-refractivity contribution in [2.24, 2.45) is 13.0 Å². The Kier molecular flexibility index (Phi) is 5.14. The fourth-order valence-electron chi connectivity index (χ4n) is 2.33. The summed E-state index contributed by atoms with van der Waals surface area (Å²) in [5, 5.41) is 24.2. The van der Waals surface area contributed by atoms with Crippen molar-refractivity contribution in [3.63, 3.8) is 0 Å². The van der Waals surface area contributed by atoms with Crippen LogP contribution in [0, 0.1) is 5.92 Å². The largest absolute Gasteiger partial charge is 0.394 e. The van der Waals surface area contributed by atoms with E-state index in [-0.39, 0.29) is 18.6 Å². The molecule has 0 radical (unpaired) electrons. The van der Waals surface area contributed by atoms with Crippen LogP contribution in [0.5, 0.6) is 0 Å². The van der Waals surface area contributed by atoms with Gasteiger partial charge >= 0.3 is 0 Å². The lowest BCUT2D eigenvalue weighted by molar-refractivity contribution is 0.248. The molecule has 0 amide bonds. The van der Waals surface area contributed by atoms with E-state index in [1.54, 1.807) is 11.7 Å². The van der Waals surface area contributed by atoms with Crippen molar-refractivity contribution in [2.45, 2.75) is 19.9 Å². The van der Waals surface area contributed by atoms with Crippen LogP contribution in [0.25, 0.3) is 11.2 Å². The number of aromatic nitrogens is 5. The fourth-order valence-corrected chi connectivity index (χ4v) is 2.59. The van der Waals surface area contributed by atoms with Crippen LogP contribution in [0.15, 0.2) is 28.7 Å². The molecule has 0 aliphatic heterocycles. The average molecular weight is 406 g/mol. The second-order valence-electron chi connectivity index (χ2n) is 6.09. The Hall–Kier alpha value is -2.26. The summed E-state index contributed by atoms with van der Waals surface area (Å²) < 4.78 is 2.59. The van der Waals surface area contributed by atoms with E-state index < -0.39 is 0 Å². The number of nitrogens with one attached hydrogen (secondary N) is 2. The van der Waals surface area contributed by atoms with Crippen LogP contribution in [0.1, 0.15) is 13.8 Å². The molecular formula is C16H20BrN7O. The van der Waals surface area contributed by atoms with Gasteiger partial charge < -0.3 is 15.7 Å². The molecule has 0 fully saturated rings. The molecule has 0 saturated carbocycles. The van der Waals surface area contributed by atoms with E-state index in [1.165, 1.54) is 0 Å². The monoisotopic (exact) mass is 405 g/mol. The highest BCUT2D eigenvalue weighted by Crippen LogP contribution is 2.24. The molecule has 1 atom stereocenters. The molecule has 2 aromatic heterocycles. The highest BCUT2D eigenvalue weighted by molar-refractivity contribution is 9.10. The predicted molar refractivity (Wildman–Crippen MR) is 101 cm³/mol. The lowest BCUT2D eigenvalue weighted by atomic mass is 10.1. The van der Waals surface area contributed by atoms with Gasteiger partial charge in [0.2, 0.25) is 5.95 Å². The number of benzene rings is 1. The molecule has 0 spiro atoms. The van der Waals surface area contributed by atoms with Crippen LogP contribution in [0.4, 0.5) is 17.5 Å². The summed E-state index contributed by atoms with van der Waals surface area (Å²) in [6.07, 6.45) is 0. The predicted octanol–water partition coefficient (Wildman–Crippen LogP) is 2.69. The maximum Gasteiger partial charge on any atom is 0.227 e. The molecule has 0 aliphatic carbocycles. The first-order valence-electron chi connectivity index (χ1n) is 7.95. The van der Waals surface area contributed by atoms with Gasteiger partial charge in [0.1, 0.15) is 0 Å². The first kappa shape index (κ1) is 17.6. The van der Waals surface area contributed by atoms with Gasteiger partial charge in [-0.2, -0.15) is 9.97 Å². The highest BCUT2D eigenvalue weighted by atomic mass is 79.9. The van der Waals surface area contributed by atoms with E-state index in [0.29, 0.717) is 22.9 Å². The van der Waals surface area contributed by atoms with Gasteiger partial charge in [-0.05, 0) is 30.2 Å². The fraction of sp³-hybridized carbons (Fsp3) is 0.375. The van der Waals surface area contributed by atoms with Gasteiger partial charge in [-0.25, -0.2) is 4.68 Å². The maximum absolute atomic E-state index is 9.55. The molecule has 0 aliphatic rings. The average Bonchev–Trinajstić information content (AvgIpc) is 2.96. The van der Waals surface area contributed by atoms with Crippen LogP contribution >= 0.6 is 15.9 Å². The number of hydrogen-bond acceptors (Lipinski definition) is 7. The quantitative estimate of drug-likeness (QED) is 0.579. The molecule has 3 aromatic rings. The van der Waals surface area contributed by atoms with Gasteiger partial charge in [-0.3, -0.25) is 0 Å². The zero-order chi connectivity index (χ0) is 18.0. The Labute approximate surface area is 153 Å². The van der Waals surface area contributed by atoms with Crippen molar-refractivity contribution < 1.29 is 5.11 Å². The van der Waals surface area contributed by atoms with Crippen molar-refractivity contribution in [1.29, 1.82) is 0 Å². The van der Waals surface area contributed by atoms with Gasteiger partial charge in [0.05, 0.1) is 12.6 Å². The zero-order valence-electron chi connectivity index (χ0n) is 14.2. The molecule has 9 heteroatoms. The molecule has 3 N–H and O–H groups in total. The molecule has 2 heterocycles. The number of halogens is 1. The second kappa shape index (κ2) is 7.32. The highest BCUT2D eigenvalue weighted by Gasteiger charge is 2.17. The van der Waals surface area contributed by atoms with E-state index in [0.717, 1.165) is 10.2 Å². The van der Waals surface area contributed by atoms with Crippen molar-refractivity contribution in [3.05, 3.63) is 28.7 Å². The summed E-state index contributed by atoms with van der Waals surface area (Å²) in [6.45, 7) is 4.05. The SMILES string of the molecule is CC(C)[C@H](CO)Nc1nc(Nc2ccc(Br)cc2)c2nnn(C)c2n1. The zero-order valence-corrected chi connectivity index (χ0v) is 15.8. The normalized spacial score (nSPS) is 12.6. The third-order valence-corrected chi connectivity index (χ3v) is 4.40. The molecule has 3 rings (SSSR count). The Balaban J connectivity index is 1.99. The number of nitrogens with zero attached hydrogens (tertiary/aromatic N) is 5. The smallest absolute Gasteiger partial charge is 0.227 e. The first-order chi connectivity index (χ1) is 12.0. The number of anilines is 3. The van der Waals surface area contributed by atoms with Crippen LogP contribution < -0.4 is 10.6 Å². The number of hydrogen-bond donors (Lipinski definition) is 3. The lowest BCUT2D eigenvalue weighted by Gasteiger charge is -2.20. The minimum atomic E-state index is -0.140. The Morgan fingerprint density at radius 1 is 1.20 bits per heavy atom. The van der Waals surface area contributed by atoms with E-state index >= 15 is 0 Å². The number of aryl methyl sites for hydroxylation is 1. The number of rotatable bonds is 6. The minimum Gasteiger partial charge on any atom is -0.394 e. The minimum absolute atomic E-state index is 0.00181. The van der Waals surface area contributed by atoms with Gasteiger partial charge in [-0.1, -0.05) is 35.0 Å². The molecular weight excluding hydrogens is 386 g/mol. The third kappa shape index (κ3) is 3.88. The standard InChI is InChI=1S/C16H20BrN7O/c1-9(2)12(8-25)19-16-20-14(13-15(21-16)24(3)23-22-13)18-11-6-4-10(17)5-7-11/h4-7,9,12,25H,8H2,1-3H3,(H2,18,19,20,21)/t12-/m0/s1. The molecule has 25 heavy (non-hydrogen) atoms. The van der Waals surface area contributed by atoms with Crippen molar-refractivity contribution in [2.75, 3.05) is 17.2 Å². The maximum atomic E-state index is 9.55. The van der Waals surface area contributed by atoms with E-state index in [4.69, 9.17) is 0 Å². The summed E-state index contributed by atoms with van der Waals surface area (Å²) in [4.78, 5) is 9.01. The molecule has 1 aromatic carbocycles. The lowest BCUT2D eigenvalue weighted by Crippen LogP contribution is -2.30. The van der Waals surface area contributed by atoms with Crippen molar-refractivity contribution in [1.82, 2.24) is 25.0 Å². The third-order valence-electron chi connectivity index (χ3n) is 3.87. The van der Waals surface area contributed by atoms with Crippen LogP contribution in [0.2, 0.25) is 0 Å². The van der Waals surface area contributed by atoms with Gasteiger partial charge in [0, 0.05) is 17.2 Å². The van der Waals surface area contributed by atoms with Gasteiger partial charge in [-0.15, -0.1) is 5.10 Å². The summed E-state index contributed by atoms with van der Waals surface area (Å²) in [5.74, 6) is 1.21. The van der Waals surface area contributed by atoms with Crippen molar-refractivity contribution in [3.8, 4) is 0 Å². The van der Waals surface area contributed by atoms with E-state index in [1.807, 2.05) is 38.1 Å².